The molecule has 0 spiro atoms. The van der Waals surface area contributed by atoms with Crippen LogP contribution in [-0.2, 0) is 11.2 Å². The second kappa shape index (κ2) is 4.60. The highest BCUT2D eigenvalue weighted by Gasteiger charge is 2.10. The van der Waals surface area contributed by atoms with Crippen molar-refractivity contribution in [3.05, 3.63) is 35.3 Å². The van der Waals surface area contributed by atoms with Crippen molar-refractivity contribution >= 4 is 5.91 Å². The van der Waals surface area contributed by atoms with Crippen LogP contribution in [-0.4, -0.2) is 11.9 Å². The molecule has 1 aromatic rings. The standard InChI is InChI=1S/C10H14N2O2/c1-8(2)11-10(13)7-9-5-3-4-6-12(9)14/h3-6,8H,7H2,1-2H3,(H,11,13). The highest BCUT2D eigenvalue weighted by atomic mass is 16.5. The molecule has 0 saturated heterocycles. The highest BCUT2D eigenvalue weighted by Crippen LogP contribution is 1.93. The van der Waals surface area contributed by atoms with Gasteiger partial charge in [0, 0.05) is 18.2 Å². The van der Waals surface area contributed by atoms with Gasteiger partial charge in [0.2, 0.25) is 11.6 Å². The zero-order valence-electron chi connectivity index (χ0n) is 8.36. The van der Waals surface area contributed by atoms with E-state index in [1.807, 2.05) is 13.8 Å². The summed E-state index contributed by atoms with van der Waals surface area (Å²) in [5, 5.41) is 13.9. The number of hydrogen-bond acceptors (Lipinski definition) is 2. The molecule has 0 saturated carbocycles. The third kappa shape index (κ3) is 3.05. The monoisotopic (exact) mass is 194 g/mol. The molecule has 0 aliphatic carbocycles. The van der Waals surface area contributed by atoms with Crippen LogP contribution in [0.4, 0.5) is 0 Å². The van der Waals surface area contributed by atoms with E-state index in [2.05, 4.69) is 5.32 Å². The Labute approximate surface area is 83.1 Å². The van der Waals surface area contributed by atoms with E-state index in [9.17, 15) is 10.0 Å². The molecule has 0 aliphatic heterocycles. The van der Waals surface area contributed by atoms with Crippen LogP contribution in [0.25, 0.3) is 0 Å². The zero-order valence-corrected chi connectivity index (χ0v) is 8.36. The third-order valence-corrected chi connectivity index (χ3v) is 1.70. The average Bonchev–Trinajstić information content (AvgIpc) is 2.07. The SMILES string of the molecule is CC(C)NC(=O)Cc1cccc[n+]1[O-]. The number of carbonyl (C=O) groups is 1. The summed E-state index contributed by atoms with van der Waals surface area (Å²) in [4.78, 5) is 11.3. The molecular formula is C10H14N2O2. The molecule has 0 unspecified atom stereocenters. The van der Waals surface area contributed by atoms with Gasteiger partial charge < -0.3 is 10.5 Å². The summed E-state index contributed by atoms with van der Waals surface area (Å²) < 4.78 is 0.708. The van der Waals surface area contributed by atoms with E-state index in [1.165, 1.54) is 6.20 Å². The Hall–Kier alpha value is -1.58. The van der Waals surface area contributed by atoms with E-state index in [4.69, 9.17) is 0 Å². The summed E-state index contributed by atoms with van der Waals surface area (Å²) in [7, 11) is 0. The summed E-state index contributed by atoms with van der Waals surface area (Å²) in [6.07, 6.45) is 1.51. The van der Waals surface area contributed by atoms with Crippen LogP contribution in [0, 0.1) is 5.21 Å². The molecule has 14 heavy (non-hydrogen) atoms. The van der Waals surface area contributed by atoms with E-state index in [-0.39, 0.29) is 18.4 Å². The molecule has 0 fully saturated rings. The average molecular weight is 194 g/mol. The van der Waals surface area contributed by atoms with Crippen LogP contribution in [0.1, 0.15) is 19.5 Å². The molecule has 76 valence electrons. The largest absolute Gasteiger partial charge is 0.618 e. The van der Waals surface area contributed by atoms with Crippen LogP contribution in [0.2, 0.25) is 0 Å². The van der Waals surface area contributed by atoms with Crippen LogP contribution in [0.3, 0.4) is 0 Å². The number of nitrogens with one attached hydrogen (secondary N) is 1. The maximum absolute atomic E-state index is 11.3. The summed E-state index contributed by atoms with van der Waals surface area (Å²) in [6.45, 7) is 3.77. The van der Waals surface area contributed by atoms with Gasteiger partial charge in [0.25, 0.3) is 0 Å². The Morgan fingerprint density at radius 2 is 2.29 bits per heavy atom. The van der Waals surface area contributed by atoms with Gasteiger partial charge in [-0.2, -0.15) is 4.73 Å². The number of carbonyl (C=O) groups excluding carboxylic acids is 1. The number of aromatic nitrogens is 1. The van der Waals surface area contributed by atoms with Gasteiger partial charge >= 0.3 is 0 Å². The van der Waals surface area contributed by atoms with Crippen LogP contribution >= 0.6 is 0 Å². The molecule has 0 radical (unpaired) electrons. The number of hydrogen-bond donors (Lipinski definition) is 1. The van der Waals surface area contributed by atoms with Crippen molar-refractivity contribution in [1.82, 2.24) is 5.32 Å². The number of pyridine rings is 1. The lowest BCUT2D eigenvalue weighted by Gasteiger charge is -2.07. The van der Waals surface area contributed by atoms with Crippen molar-refractivity contribution in [1.29, 1.82) is 0 Å². The van der Waals surface area contributed by atoms with E-state index < -0.39 is 0 Å². The molecule has 0 aliphatic rings. The van der Waals surface area contributed by atoms with Gasteiger partial charge in [0.05, 0.1) is 0 Å². The summed E-state index contributed by atoms with van der Waals surface area (Å²) in [5.41, 5.74) is 0.464. The molecular weight excluding hydrogens is 180 g/mol. The zero-order chi connectivity index (χ0) is 10.6. The minimum Gasteiger partial charge on any atom is -0.618 e. The Kier molecular flexibility index (Phi) is 3.45. The van der Waals surface area contributed by atoms with Crippen molar-refractivity contribution in [2.45, 2.75) is 26.3 Å². The molecule has 4 heteroatoms. The van der Waals surface area contributed by atoms with Gasteiger partial charge in [-0.05, 0) is 19.9 Å². The Morgan fingerprint density at radius 3 is 2.86 bits per heavy atom. The highest BCUT2D eigenvalue weighted by molar-refractivity contribution is 5.78. The smallest absolute Gasteiger partial charge is 0.230 e. The van der Waals surface area contributed by atoms with Crippen LogP contribution < -0.4 is 10.0 Å². The first-order chi connectivity index (χ1) is 6.59. The normalized spacial score (nSPS) is 10.2. The summed E-state index contributed by atoms with van der Waals surface area (Å²) >= 11 is 0. The Morgan fingerprint density at radius 1 is 1.57 bits per heavy atom. The molecule has 1 N–H and O–H groups in total. The lowest BCUT2D eigenvalue weighted by Crippen LogP contribution is -2.37. The van der Waals surface area contributed by atoms with E-state index in [0.717, 1.165) is 0 Å². The maximum atomic E-state index is 11.3. The maximum Gasteiger partial charge on any atom is 0.230 e. The molecule has 1 rings (SSSR count). The van der Waals surface area contributed by atoms with E-state index >= 15 is 0 Å². The predicted molar refractivity (Wildman–Crippen MR) is 52.4 cm³/mol. The van der Waals surface area contributed by atoms with Crippen molar-refractivity contribution in [2.75, 3.05) is 0 Å². The topological polar surface area (TPSA) is 56.0 Å². The lowest BCUT2D eigenvalue weighted by molar-refractivity contribution is -0.613. The predicted octanol–water partition coefficient (Wildman–Crippen LogP) is 0.387. The lowest BCUT2D eigenvalue weighted by atomic mass is 10.2. The number of rotatable bonds is 3. The van der Waals surface area contributed by atoms with Gasteiger partial charge in [-0.15, -0.1) is 0 Å². The minimum absolute atomic E-state index is 0.103. The van der Waals surface area contributed by atoms with E-state index in [1.54, 1.807) is 18.2 Å². The van der Waals surface area contributed by atoms with Crippen molar-refractivity contribution in [2.24, 2.45) is 0 Å². The van der Waals surface area contributed by atoms with Crippen molar-refractivity contribution < 1.29 is 9.52 Å². The Balaban J connectivity index is 2.61. The van der Waals surface area contributed by atoms with Crippen molar-refractivity contribution in [3.63, 3.8) is 0 Å². The van der Waals surface area contributed by atoms with Crippen LogP contribution in [0.5, 0.6) is 0 Å². The fraction of sp³-hybridized carbons (Fsp3) is 0.400. The van der Waals surface area contributed by atoms with Gasteiger partial charge in [-0.1, -0.05) is 0 Å². The fourth-order valence-corrected chi connectivity index (χ4v) is 1.14. The summed E-state index contributed by atoms with van der Waals surface area (Å²) in [6, 6.07) is 5.13. The third-order valence-electron chi connectivity index (χ3n) is 1.70. The van der Waals surface area contributed by atoms with Gasteiger partial charge in [0.1, 0.15) is 6.42 Å². The quantitative estimate of drug-likeness (QED) is 0.559. The van der Waals surface area contributed by atoms with Gasteiger partial charge in [-0.25, -0.2) is 0 Å². The van der Waals surface area contributed by atoms with Gasteiger partial charge in [-0.3, -0.25) is 4.79 Å². The molecule has 0 aromatic carbocycles. The molecule has 1 amide bonds. The number of amides is 1. The first kappa shape index (κ1) is 10.5. The fourth-order valence-electron chi connectivity index (χ4n) is 1.14. The first-order valence-corrected chi connectivity index (χ1v) is 4.56. The molecule has 1 heterocycles. The Bertz CT molecular complexity index is 324. The second-order valence-corrected chi connectivity index (χ2v) is 3.42. The first-order valence-electron chi connectivity index (χ1n) is 4.56. The summed E-state index contributed by atoms with van der Waals surface area (Å²) in [5.74, 6) is -0.129. The van der Waals surface area contributed by atoms with Crippen LogP contribution in [0.15, 0.2) is 24.4 Å². The van der Waals surface area contributed by atoms with Crippen molar-refractivity contribution in [3.8, 4) is 0 Å². The number of nitrogens with zero attached hydrogens (tertiary/aromatic N) is 1. The van der Waals surface area contributed by atoms with E-state index in [0.29, 0.717) is 10.4 Å². The molecule has 4 nitrogen and oxygen atoms in total. The minimum atomic E-state index is -0.129. The molecule has 1 aromatic heterocycles. The second-order valence-electron chi connectivity index (χ2n) is 3.42. The van der Waals surface area contributed by atoms with Gasteiger partial charge in [0.15, 0.2) is 6.20 Å². The molecule has 0 atom stereocenters. The molecule has 0 bridgehead atoms.